The van der Waals surface area contributed by atoms with E-state index in [1.165, 1.54) is 0 Å². The third-order valence-electron chi connectivity index (χ3n) is 1.94. The Balaban J connectivity index is 1.93. The third kappa shape index (κ3) is 5.81. The molecule has 0 saturated carbocycles. The van der Waals surface area contributed by atoms with Crippen molar-refractivity contribution < 1.29 is 5.11 Å². The van der Waals surface area contributed by atoms with Crippen LogP contribution in [0.15, 0.2) is 12.3 Å². The van der Waals surface area contributed by atoms with E-state index in [2.05, 4.69) is 10.4 Å². The van der Waals surface area contributed by atoms with Gasteiger partial charge in [-0.1, -0.05) is 0 Å². The molecule has 0 bridgehead atoms. The van der Waals surface area contributed by atoms with Crippen molar-refractivity contribution in [2.24, 2.45) is 7.05 Å². The number of aliphatic hydroxyl groups excluding tert-OH is 1. The monoisotopic (exact) mass is 229 g/mol. The summed E-state index contributed by atoms with van der Waals surface area (Å²) in [4.78, 5) is 0. The zero-order valence-corrected chi connectivity index (χ0v) is 9.96. The fourth-order valence-corrected chi connectivity index (χ4v) is 2.01. The number of rotatable bonds is 8. The highest BCUT2D eigenvalue weighted by Gasteiger charge is 1.95. The lowest BCUT2D eigenvalue weighted by atomic mass is 10.4. The Morgan fingerprint density at radius 1 is 1.53 bits per heavy atom. The Morgan fingerprint density at radius 3 is 3.07 bits per heavy atom. The normalized spacial score (nSPS) is 10.8. The van der Waals surface area contributed by atoms with E-state index in [0.717, 1.165) is 36.7 Å². The van der Waals surface area contributed by atoms with E-state index in [-0.39, 0.29) is 0 Å². The van der Waals surface area contributed by atoms with Crippen molar-refractivity contribution in [2.75, 3.05) is 24.7 Å². The molecule has 0 radical (unpaired) electrons. The minimum absolute atomic E-state index is 0.300. The Hall–Kier alpha value is -0.520. The number of nitrogens with one attached hydrogen (secondary N) is 1. The van der Waals surface area contributed by atoms with Crippen molar-refractivity contribution in [3.8, 4) is 0 Å². The quantitative estimate of drug-likeness (QED) is 0.642. The molecule has 0 saturated heterocycles. The number of aliphatic hydroxyl groups is 1. The molecule has 2 N–H and O–H groups in total. The Labute approximate surface area is 95.1 Å². The molecule has 1 aromatic heterocycles. The molecule has 0 spiro atoms. The summed E-state index contributed by atoms with van der Waals surface area (Å²) in [5, 5.41) is 16.2. The second kappa shape index (κ2) is 7.73. The van der Waals surface area contributed by atoms with E-state index < -0.39 is 0 Å². The fraction of sp³-hybridized carbons (Fsp3) is 0.700. The minimum atomic E-state index is 0.300. The molecule has 0 aromatic carbocycles. The predicted octanol–water partition coefficient (Wildman–Crippen LogP) is 0.625. The van der Waals surface area contributed by atoms with Crippen LogP contribution in [-0.4, -0.2) is 39.5 Å². The van der Waals surface area contributed by atoms with Gasteiger partial charge in [0, 0.05) is 38.7 Å². The largest absolute Gasteiger partial charge is 0.396 e. The highest BCUT2D eigenvalue weighted by atomic mass is 32.2. The lowest BCUT2D eigenvalue weighted by Crippen LogP contribution is -2.17. The summed E-state index contributed by atoms with van der Waals surface area (Å²) in [6.07, 6.45) is 2.85. The van der Waals surface area contributed by atoms with Gasteiger partial charge in [-0.2, -0.15) is 16.9 Å². The van der Waals surface area contributed by atoms with Crippen LogP contribution >= 0.6 is 11.8 Å². The van der Waals surface area contributed by atoms with Gasteiger partial charge in [-0.05, 0) is 18.2 Å². The van der Waals surface area contributed by atoms with Gasteiger partial charge in [-0.15, -0.1) is 0 Å². The molecule has 15 heavy (non-hydrogen) atoms. The van der Waals surface area contributed by atoms with Gasteiger partial charge in [0.1, 0.15) is 0 Å². The summed E-state index contributed by atoms with van der Waals surface area (Å²) in [5.74, 6) is 2.13. The SMILES string of the molecule is Cn1ccc(CNCCSCCCO)n1. The Morgan fingerprint density at radius 2 is 2.40 bits per heavy atom. The second-order valence-electron chi connectivity index (χ2n) is 3.35. The summed E-state index contributed by atoms with van der Waals surface area (Å²) in [6, 6.07) is 2.02. The lowest BCUT2D eigenvalue weighted by molar-refractivity contribution is 0.296. The average molecular weight is 229 g/mol. The van der Waals surface area contributed by atoms with Crippen LogP contribution in [0.2, 0.25) is 0 Å². The topological polar surface area (TPSA) is 50.1 Å². The van der Waals surface area contributed by atoms with Crippen molar-refractivity contribution in [2.45, 2.75) is 13.0 Å². The average Bonchev–Trinajstić information content (AvgIpc) is 2.63. The van der Waals surface area contributed by atoms with Crippen LogP contribution < -0.4 is 5.32 Å². The zero-order valence-electron chi connectivity index (χ0n) is 9.15. The summed E-state index contributed by atoms with van der Waals surface area (Å²) in [5.41, 5.74) is 1.08. The van der Waals surface area contributed by atoms with Crippen LogP contribution in [-0.2, 0) is 13.6 Å². The van der Waals surface area contributed by atoms with Gasteiger partial charge in [0.2, 0.25) is 0 Å². The first-order valence-electron chi connectivity index (χ1n) is 5.21. The summed E-state index contributed by atoms with van der Waals surface area (Å²) in [6.45, 7) is 2.13. The maximum absolute atomic E-state index is 8.58. The number of hydrogen-bond donors (Lipinski definition) is 2. The molecular weight excluding hydrogens is 210 g/mol. The van der Waals surface area contributed by atoms with Crippen molar-refractivity contribution in [1.29, 1.82) is 0 Å². The van der Waals surface area contributed by atoms with Crippen molar-refractivity contribution >= 4 is 11.8 Å². The van der Waals surface area contributed by atoms with Crippen LogP contribution in [0.3, 0.4) is 0 Å². The van der Waals surface area contributed by atoms with Gasteiger partial charge in [0.05, 0.1) is 5.69 Å². The Bertz CT molecular complexity index is 265. The molecule has 1 rings (SSSR count). The molecule has 0 unspecified atom stereocenters. The van der Waals surface area contributed by atoms with Crippen molar-refractivity contribution in [1.82, 2.24) is 15.1 Å². The lowest BCUT2D eigenvalue weighted by Gasteiger charge is -2.02. The highest BCUT2D eigenvalue weighted by molar-refractivity contribution is 7.99. The van der Waals surface area contributed by atoms with Gasteiger partial charge in [0.15, 0.2) is 0 Å². The van der Waals surface area contributed by atoms with Gasteiger partial charge in [-0.25, -0.2) is 0 Å². The molecule has 5 heteroatoms. The zero-order chi connectivity index (χ0) is 10.9. The fourth-order valence-electron chi connectivity index (χ4n) is 1.19. The van der Waals surface area contributed by atoms with Gasteiger partial charge in [0.25, 0.3) is 0 Å². The number of nitrogens with zero attached hydrogens (tertiary/aromatic N) is 2. The van der Waals surface area contributed by atoms with Crippen LogP contribution in [0.4, 0.5) is 0 Å². The van der Waals surface area contributed by atoms with E-state index in [4.69, 9.17) is 5.11 Å². The standard InChI is InChI=1S/C10H19N3OS/c1-13-5-3-10(12-13)9-11-4-8-15-7-2-6-14/h3,5,11,14H,2,4,6-9H2,1H3. The van der Waals surface area contributed by atoms with E-state index in [0.29, 0.717) is 6.61 Å². The first kappa shape index (κ1) is 12.5. The number of aryl methyl sites for hydroxylation is 1. The molecule has 86 valence electrons. The van der Waals surface area contributed by atoms with Crippen molar-refractivity contribution in [3.05, 3.63) is 18.0 Å². The third-order valence-corrected chi connectivity index (χ3v) is 3.02. The molecular formula is C10H19N3OS. The predicted molar refractivity (Wildman–Crippen MR) is 63.9 cm³/mol. The van der Waals surface area contributed by atoms with Gasteiger partial charge < -0.3 is 10.4 Å². The van der Waals surface area contributed by atoms with Gasteiger partial charge >= 0.3 is 0 Å². The number of hydrogen-bond acceptors (Lipinski definition) is 4. The molecule has 0 aliphatic rings. The van der Waals surface area contributed by atoms with Crippen LogP contribution in [0.1, 0.15) is 12.1 Å². The van der Waals surface area contributed by atoms with Crippen molar-refractivity contribution in [3.63, 3.8) is 0 Å². The maximum atomic E-state index is 8.58. The van der Waals surface area contributed by atoms with Crippen LogP contribution in [0.5, 0.6) is 0 Å². The Kier molecular flexibility index (Phi) is 6.47. The summed E-state index contributed by atoms with van der Waals surface area (Å²) < 4.78 is 1.81. The molecule has 0 aliphatic heterocycles. The van der Waals surface area contributed by atoms with E-state index in [9.17, 15) is 0 Å². The summed E-state index contributed by atoms with van der Waals surface area (Å²) in [7, 11) is 1.92. The van der Waals surface area contributed by atoms with Crippen LogP contribution in [0, 0.1) is 0 Å². The minimum Gasteiger partial charge on any atom is -0.396 e. The van der Waals surface area contributed by atoms with E-state index in [1.54, 1.807) is 0 Å². The van der Waals surface area contributed by atoms with E-state index >= 15 is 0 Å². The van der Waals surface area contributed by atoms with E-state index in [1.807, 2.05) is 35.8 Å². The second-order valence-corrected chi connectivity index (χ2v) is 4.57. The first-order chi connectivity index (χ1) is 7.33. The molecule has 1 aromatic rings. The molecule has 1 heterocycles. The smallest absolute Gasteiger partial charge is 0.0762 e. The molecule has 0 aliphatic carbocycles. The highest BCUT2D eigenvalue weighted by Crippen LogP contribution is 2.00. The van der Waals surface area contributed by atoms with Crippen LogP contribution in [0.25, 0.3) is 0 Å². The van der Waals surface area contributed by atoms with Gasteiger partial charge in [-0.3, -0.25) is 4.68 Å². The first-order valence-corrected chi connectivity index (χ1v) is 6.36. The summed E-state index contributed by atoms with van der Waals surface area (Å²) >= 11 is 1.87. The maximum Gasteiger partial charge on any atom is 0.0762 e. The number of aromatic nitrogens is 2. The molecule has 0 amide bonds. The molecule has 0 fully saturated rings. The molecule has 0 atom stereocenters. The molecule has 4 nitrogen and oxygen atoms in total. The number of thioether (sulfide) groups is 1.